The van der Waals surface area contributed by atoms with Gasteiger partial charge in [0.05, 0.1) is 11.5 Å². The summed E-state index contributed by atoms with van der Waals surface area (Å²) in [6.45, 7) is 4.70. The number of benzene rings is 1. The fourth-order valence-electron chi connectivity index (χ4n) is 2.26. The molecule has 1 aliphatic heterocycles. The summed E-state index contributed by atoms with van der Waals surface area (Å²) in [5.41, 5.74) is 0.856. The second-order valence-corrected chi connectivity index (χ2v) is 4.81. The molecule has 0 saturated carbocycles. The van der Waals surface area contributed by atoms with Crippen molar-refractivity contribution in [2.75, 3.05) is 31.7 Å². The maximum atomic E-state index is 10.9. The van der Waals surface area contributed by atoms with Gasteiger partial charge in [0.1, 0.15) is 0 Å². The Balaban J connectivity index is 2.00. The first-order valence-corrected chi connectivity index (χ1v) is 6.93. The summed E-state index contributed by atoms with van der Waals surface area (Å²) in [5.74, 6) is 0.906. The molecule has 6 nitrogen and oxygen atoms in total. The quantitative estimate of drug-likeness (QED) is 0.640. The zero-order chi connectivity index (χ0) is 14.4. The Morgan fingerprint density at radius 3 is 2.85 bits per heavy atom. The minimum atomic E-state index is -0.423. The lowest BCUT2D eigenvalue weighted by molar-refractivity contribution is -0.385. The number of hydrogen-bond acceptors (Lipinski definition) is 5. The van der Waals surface area contributed by atoms with Gasteiger partial charge in [-0.15, -0.1) is 0 Å². The largest absolute Gasteiger partial charge is 0.487 e. The normalized spacial score (nSPS) is 15.8. The average molecular weight is 280 g/mol. The van der Waals surface area contributed by atoms with E-state index in [0.29, 0.717) is 18.3 Å². The number of nitrogens with zero attached hydrogens (tertiary/aromatic N) is 1. The molecule has 0 aliphatic carbocycles. The second kappa shape index (κ2) is 7.09. The van der Waals surface area contributed by atoms with Crippen LogP contribution in [0.25, 0.3) is 0 Å². The van der Waals surface area contributed by atoms with Crippen molar-refractivity contribution in [1.82, 2.24) is 0 Å². The van der Waals surface area contributed by atoms with Crippen LogP contribution in [-0.2, 0) is 4.74 Å². The molecule has 1 aliphatic rings. The molecule has 0 unspecified atom stereocenters. The lowest BCUT2D eigenvalue weighted by Gasteiger charge is -2.22. The Bertz CT molecular complexity index is 458. The van der Waals surface area contributed by atoms with Gasteiger partial charge in [-0.2, -0.15) is 0 Å². The fraction of sp³-hybridized carbons (Fsp3) is 0.571. The molecule has 1 fully saturated rings. The molecule has 0 spiro atoms. The number of rotatable bonds is 6. The molecule has 1 heterocycles. The van der Waals surface area contributed by atoms with E-state index in [4.69, 9.17) is 9.47 Å². The summed E-state index contributed by atoms with van der Waals surface area (Å²) < 4.78 is 10.7. The van der Waals surface area contributed by atoms with Crippen LogP contribution in [0.2, 0.25) is 0 Å². The number of nitrogens with one attached hydrogen (secondary N) is 1. The molecule has 1 aromatic carbocycles. The maximum absolute atomic E-state index is 10.9. The number of nitro benzene ring substituents is 1. The molecule has 0 radical (unpaired) electrons. The van der Waals surface area contributed by atoms with Crippen molar-refractivity contribution in [2.45, 2.75) is 19.8 Å². The van der Waals surface area contributed by atoms with E-state index in [-0.39, 0.29) is 5.69 Å². The van der Waals surface area contributed by atoms with Gasteiger partial charge in [0.2, 0.25) is 0 Å². The number of nitro groups is 1. The first-order valence-electron chi connectivity index (χ1n) is 6.93. The van der Waals surface area contributed by atoms with Crippen LogP contribution in [-0.4, -0.2) is 31.3 Å². The molecule has 1 saturated heterocycles. The fourth-order valence-corrected chi connectivity index (χ4v) is 2.26. The van der Waals surface area contributed by atoms with Crippen molar-refractivity contribution in [3.05, 3.63) is 28.3 Å². The highest BCUT2D eigenvalue weighted by molar-refractivity contribution is 5.58. The molecule has 2 rings (SSSR count). The third-order valence-electron chi connectivity index (χ3n) is 3.39. The molecule has 0 aromatic heterocycles. The van der Waals surface area contributed by atoms with Crippen LogP contribution in [0.15, 0.2) is 18.2 Å². The van der Waals surface area contributed by atoms with Crippen LogP contribution in [0.1, 0.15) is 19.8 Å². The summed E-state index contributed by atoms with van der Waals surface area (Å²) in [5, 5.41) is 14.2. The topological polar surface area (TPSA) is 73.6 Å². The van der Waals surface area contributed by atoms with Crippen molar-refractivity contribution in [1.29, 1.82) is 0 Å². The van der Waals surface area contributed by atoms with Crippen LogP contribution >= 0.6 is 0 Å². The van der Waals surface area contributed by atoms with E-state index in [1.807, 2.05) is 6.92 Å². The molecular formula is C14H20N2O4. The van der Waals surface area contributed by atoms with Crippen LogP contribution in [0.4, 0.5) is 11.4 Å². The third-order valence-corrected chi connectivity index (χ3v) is 3.39. The summed E-state index contributed by atoms with van der Waals surface area (Å²) >= 11 is 0. The number of ether oxygens (including phenoxy) is 2. The molecule has 0 atom stereocenters. The summed E-state index contributed by atoms with van der Waals surface area (Å²) in [7, 11) is 0. The SMILES string of the molecule is CCOc1cc(NCC2CCOCC2)ccc1[N+](=O)[O-]. The molecule has 110 valence electrons. The minimum absolute atomic E-state index is 0.00321. The van der Waals surface area contributed by atoms with Crippen LogP contribution < -0.4 is 10.1 Å². The highest BCUT2D eigenvalue weighted by Crippen LogP contribution is 2.30. The van der Waals surface area contributed by atoms with Gasteiger partial charge >= 0.3 is 5.69 Å². The zero-order valence-corrected chi connectivity index (χ0v) is 11.6. The van der Waals surface area contributed by atoms with Gasteiger partial charge in [0.15, 0.2) is 5.75 Å². The summed E-state index contributed by atoms with van der Waals surface area (Å²) in [6.07, 6.45) is 2.11. The van der Waals surface area contributed by atoms with Gasteiger partial charge < -0.3 is 14.8 Å². The molecule has 1 aromatic rings. The minimum Gasteiger partial charge on any atom is -0.487 e. The first-order chi connectivity index (χ1) is 9.70. The van der Waals surface area contributed by atoms with Crippen molar-refractivity contribution < 1.29 is 14.4 Å². The van der Waals surface area contributed by atoms with Crippen molar-refractivity contribution in [2.24, 2.45) is 5.92 Å². The van der Waals surface area contributed by atoms with E-state index in [0.717, 1.165) is 38.3 Å². The predicted octanol–water partition coefficient (Wildman–Crippen LogP) is 2.83. The van der Waals surface area contributed by atoms with E-state index < -0.39 is 4.92 Å². The van der Waals surface area contributed by atoms with Gasteiger partial charge in [-0.1, -0.05) is 0 Å². The van der Waals surface area contributed by atoms with Gasteiger partial charge in [-0.25, -0.2) is 0 Å². The van der Waals surface area contributed by atoms with E-state index >= 15 is 0 Å². The highest BCUT2D eigenvalue weighted by atomic mass is 16.6. The Hall–Kier alpha value is -1.82. The monoisotopic (exact) mass is 280 g/mol. The van der Waals surface area contributed by atoms with Gasteiger partial charge in [0, 0.05) is 37.6 Å². The molecule has 1 N–H and O–H groups in total. The van der Waals surface area contributed by atoms with E-state index in [1.165, 1.54) is 6.07 Å². The van der Waals surface area contributed by atoms with Crippen molar-refractivity contribution >= 4 is 11.4 Å². The molecule has 0 bridgehead atoms. The number of anilines is 1. The standard InChI is InChI=1S/C14H20N2O4/c1-2-20-14-9-12(3-4-13(14)16(17)18)15-10-11-5-7-19-8-6-11/h3-4,9,11,15H,2,5-8,10H2,1H3. The van der Waals surface area contributed by atoms with E-state index in [1.54, 1.807) is 12.1 Å². The van der Waals surface area contributed by atoms with E-state index in [9.17, 15) is 10.1 Å². The number of hydrogen-bond donors (Lipinski definition) is 1. The van der Waals surface area contributed by atoms with Crippen LogP contribution in [0.3, 0.4) is 0 Å². The Kier molecular flexibility index (Phi) is 5.17. The molecule has 6 heteroatoms. The average Bonchev–Trinajstić information content (AvgIpc) is 2.46. The Morgan fingerprint density at radius 1 is 1.45 bits per heavy atom. The van der Waals surface area contributed by atoms with Gasteiger partial charge in [0.25, 0.3) is 0 Å². The lowest BCUT2D eigenvalue weighted by Crippen LogP contribution is -2.22. The predicted molar refractivity (Wildman–Crippen MR) is 76.3 cm³/mol. The summed E-state index contributed by atoms with van der Waals surface area (Å²) in [6, 6.07) is 4.90. The maximum Gasteiger partial charge on any atom is 0.311 e. The van der Waals surface area contributed by atoms with Gasteiger partial charge in [-0.05, 0) is 31.7 Å². The Morgan fingerprint density at radius 2 is 2.20 bits per heavy atom. The molecule has 20 heavy (non-hydrogen) atoms. The van der Waals surface area contributed by atoms with Crippen LogP contribution in [0, 0.1) is 16.0 Å². The zero-order valence-electron chi connectivity index (χ0n) is 11.6. The molecule has 0 amide bonds. The van der Waals surface area contributed by atoms with Crippen molar-refractivity contribution in [3.63, 3.8) is 0 Å². The lowest BCUT2D eigenvalue weighted by atomic mass is 10.0. The van der Waals surface area contributed by atoms with Crippen molar-refractivity contribution in [3.8, 4) is 5.75 Å². The van der Waals surface area contributed by atoms with E-state index in [2.05, 4.69) is 5.32 Å². The Labute approximate surface area is 118 Å². The highest BCUT2D eigenvalue weighted by Gasteiger charge is 2.17. The smallest absolute Gasteiger partial charge is 0.311 e. The second-order valence-electron chi connectivity index (χ2n) is 4.81. The summed E-state index contributed by atoms with van der Waals surface area (Å²) in [4.78, 5) is 10.5. The third kappa shape index (κ3) is 3.84. The first kappa shape index (κ1) is 14.6. The van der Waals surface area contributed by atoms with Crippen LogP contribution in [0.5, 0.6) is 5.75 Å². The van der Waals surface area contributed by atoms with Gasteiger partial charge in [-0.3, -0.25) is 10.1 Å². The molecular weight excluding hydrogens is 260 g/mol.